The molecule has 2 aliphatic rings. The van der Waals surface area contributed by atoms with Crippen molar-refractivity contribution in [3.63, 3.8) is 0 Å². The molecule has 0 spiro atoms. The summed E-state index contributed by atoms with van der Waals surface area (Å²) >= 11 is 0. The Morgan fingerprint density at radius 3 is 2.88 bits per heavy atom. The van der Waals surface area contributed by atoms with E-state index < -0.39 is 15.7 Å². The van der Waals surface area contributed by atoms with Crippen molar-refractivity contribution in [1.82, 2.24) is 5.32 Å². The van der Waals surface area contributed by atoms with Crippen molar-refractivity contribution in [2.45, 2.75) is 35.1 Å². The lowest BCUT2D eigenvalue weighted by Crippen LogP contribution is -2.35. The highest BCUT2D eigenvalue weighted by Crippen LogP contribution is 2.40. The lowest BCUT2D eigenvalue weighted by atomic mass is 9.90. The molecule has 0 aliphatic carbocycles. The fraction of sp³-hybridized carbons (Fsp3) is 0.368. The molecule has 2 aromatic carbocycles. The van der Waals surface area contributed by atoms with Gasteiger partial charge in [-0.1, -0.05) is 6.07 Å². The van der Waals surface area contributed by atoms with Crippen LogP contribution in [0.4, 0.5) is 4.39 Å². The summed E-state index contributed by atoms with van der Waals surface area (Å²) in [6.45, 7) is 3.54. The molecule has 2 heterocycles. The molecule has 7 heteroatoms. The first kappa shape index (κ1) is 17.3. The van der Waals surface area contributed by atoms with Crippen LogP contribution in [0.25, 0.3) is 0 Å². The Balaban J connectivity index is 1.73. The normalized spacial score (nSPS) is 21.6. The van der Waals surface area contributed by atoms with Gasteiger partial charge in [-0.25, -0.2) is 12.8 Å². The summed E-state index contributed by atoms with van der Waals surface area (Å²) in [5, 5.41) is 3.40. The van der Waals surface area contributed by atoms with Gasteiger partial charge in [0.15, 0.2) is 0 Å². The van der Waals surface area contributed by atoms with E-state index in [9.17, 15) is 12.8 Å². The molecule has 2 aromatic rings. The summed E-state index contributed by atoms with van der Waals surface area (Å²) in [4.78, 5) is -0.0363. The molecule has 0 bridgehead atoms. The third-order valence-electron chi connectivity index (χ3n) is 4.93. The van der Waals surface area contributed by atoms with Gasteiger partial charge in [0.2, 0.25) is 9.84 Å². The zero-order valence-corrected chi connectivity index (χ0v) is 15.2. The smallest absolute Gasteiger partial charge is 0.206 e. The first-order valence-corrected chi connectivity index (χ1v) is 10.2. The molecule has 0 amide bonds. The molecule has 1 N–H and O–H groups in total. The molecule has 2 unspecified atom stereocenters. The number of ether oxygens (including phenoxy) is 2. The fourth-order valence-electron chi connectivity index (χ4n) is 3.69. The second-order valence-corrected chi connectivity index (χ2v) is 8.48. The van der Waals surface area contributed by atoms with Crippen molar-refractivity contribution in [1.29, 1.82) is 0 Å². The minimum Gasteiger partial charge on any atom is -0.494 e. The second-order valence-electron chi connectivity index (χ2n) is 6.53. The van der Waals surface area contributed by atoms with Crippen molar-refractivity contribution in [2.24, 2.45) is 0 Å². The Bertz CT molecular complexity index is 945. The van der Waals surface area contributed by atoms with Crippen LogP contribution in [0.3, 0.4) is 0 Å². The molecule has 138 valence electrons. The van der Waals surface area contributed by atoms with E-state index in [1.54, 1.807) is 19.1 Å². The zero-order chi connectivity index (χ0) is 18.3. The molecular weight excluding hydrogens is 357 g/mol. The summed E-state index contributed by atoms with van der Waals surface area (Å²) in [7, 11) is -3.87. The van der Waals surface area contributed by atoms with Crippen LogP contribution < -0.4 is 14.8 Å². The minimum absolute atomic E-state index is 0.0914. The van der Waals surface area contributed by atoms with Crippen molar-refractivity contribution in [3.05, 3.63) is 47.8 Å². The number of hydrogen-bond donors (Lipinski definition) is 1. The Morgan fingerprint density at radius 2 is 2.08 bits per heavy atom. The molecule has 0 aromatic heterocycles. The maximum atomic E-state index is 13.8. The predicted molar refractivity (Wildman–Crippen MR) is 94.1 cm³/mol. The first-order chi connectivity index (χ1) is 12.5. The maximum Gasteiger partial charge on any atom is 0.206 e. The van der Waals surface area contributed by atoms with Crippen LogP contribution >= 0.6 is 0 Å². The van der Waals surface area contributed by atoms with Crippen molar-refractivity contribution >= 4 is 9.84 Å². The van der Waals surface area contributed by atoms with Gasteiger partial charge in [0.05, 0.1) is 16.4 Å². The number of fused-ring (bicyclic) bond motifs is 3. The van der Waals surface area contributed by atoms with Gasteiger partial charge < -0.3 is 14.8 Å². The van der Waals surface area contributed by atoms with Gasteiger partial charge >= 0.3 is 0 Å². The average molecular weight is 377 g/mol. The molecular formula is C19H20FNO4S. The van der Waals surface area contributed by atoms with E-state index in [0.717, 1.165) is 24.6 Å². The molecule has 0 radical (unpaired) electrons. The molecule has 2 atom stereocenters. The van der Waals surface area contributed by atoms with Crippen LogP contribution in [0.2, 0.25) is 0 Å². The lowest BCUT2D eigenvalue weighted by Gasteiger charge is -2.28. The Hall–Kier alpha value is -2.12. The van der Waals surface area contributed by atoms with E-state index in [4.69, 9.17) is 9.47 Å². The molecule has 26 heavy (non-hydrogen) atoms. The Morgan fingerprint density at radius 1 is 1.23 bits per heavy atom. The number of hydrogen-bond acceptors (Lipinski definition) is 5. The summed E-state index contributed by atoms with van der Waals surface area (Å²) in [6.07, 6.45) is 1.01. The Kier molecular flexibility index (Phi) is 4.36. The molecule has 1 fully saturated rings. The van der Waals surface area contributed by atoms with Crippen molar-refractivity contribution in [3.8, 4) is 11.5 Å². The van der Waals surface area contributed by atoms with Gasteiger partial charge in [0, 0.05) is 18.0 Å². The summed E-state index contributed by atoms with van der Waals surface area (Å²) in [6, 6.07) is 8.74. The highest BCUT2D eigenvalue weighted by Gasteiger charge is 2.35. The van der Waals surface area contributed by atoms with Crippen molar-refractivity contribution < 1.29 is 22.3 Å². The van der Waals surface area contributed by atoms with Crippen LogP contribution in [0, 0.1) is 5.82 Å². The number of benzene rings is 2. The number of nitrogens with one attached hydrogen (secondary N) is 1. The standard InChI is InChI=1S/C19H20FNO4S/c1-2-24-13-7-12(20)8-15(9-13)26(22,23)14-3-4-17-16-5-6-21-18(16)11-25-19(17)10-14/h3-4,7-10,16,18,21H,2,5-6,11H2,1H3. The second kappa shape index (κ2) is 6.55. The van der Waals surface area contributed by atoms with Gasteiger partial charge in [-0.2, -0.15) is 0 Å². The maximum absolute atomic E-state index is 13.8. The molecule has 0 saturated carbocycles. The highest BCUT2D eigenvalue weighted by atomic mass is 32.2. The fourth-order valence-corrected chi connectivity index (χ4v) is 5.01. The van der Waals surface area contributed by atoms with E-state index in [0.29, 0.717) is 24.9 Å². The van der Waals surface area contributed by atoms with Gasteiger partial charge in [0.25, 0.3) is 0 Å². The minimum atomic E-state index is -3.87. The quantitative estimate of drug-likeness (QED) is 0.888. The van der Waals surface area contributed by atoms with E-state index >= 15 is 0 Å². The van der Waals surface area contributed by atoms with E-state index in [-0.39, 0.29) is 21.6 Å². The third kappa shape index (κ3) is 2.95. The van der Waals surface area contributed by atoms with E-state index in [1.807, 2.05) is 6.07 Å². The van der Waals surface area contributed by atoms with Crippen LogP contribution in [0.1, 0.15) is 24.8 Å². The topological polar surface area (TPSA) is 64.6 Å². The van der Waals surface area contributed by atoms with E-state index in [1.165, 1.54) is 12.1 Å². The summed E-state index contributed by atoms with van der Waals surface area (Å²) < 4.78 is 50.8. The number of rotatable bonds is 4. The molecule has 5 nitrogen and oxygen atoms in total. The largest absolute Gasteiger partial charge is 0.494 e. The SMILES string of the molecule is CCOc1cc(F)cc(S(=O)(=O)c2ccc3c(c2)OCC2NCCC32)c1. The molecule has 2 aliphatic heterocycles. The van der Waals surface area contributed by atoms with Gasteiger partial charge in [-0.3, -0.25) is 0 Å². The lowest BCUT2D eigenvalue weighted by molar-refractivity contribution is 0.238. The summed E-state index contributed by atoms with van der Waals surface area (Å²) in [5.74, 6) is 0.482. The van der Waals surface area contributed by atoms with Crippen molar-refractivity contribution in [2.75, 3.05) is 19.8 Å². The third-order valence-corrected chi connectivity index (χ3v) is 6.66. The van der Waals surface area contributed by atoms with Gasteiger partial charge in [-0.05, 0) is 49.7 Å². The monoisotopic (exact) mass is 377 g/mol. The zero-order valence-electron chi connectivity index (χ0n) is 14.4. The molecule has 4 rings (SSSR count). The van der Waals surface area contributed by atoms with Gasteiger partial charge in [0.1, 0.15) is 23.9 Å². The van der Waals surface area contributed by atoms with Crippen LogP contribution in [-0.4, -0.2) is 34.2 Å². The summed E-state index contributed by atoms with van der Waals surface area (Å²) in [5.41, 5.74) is 1.03. The first-order valence-electron chi connectivity index (χ1n) is 8.67. The number of halogens is 1. The van der Waals surface area contributed by atoms with E-state index in [2.05, 4.69) is 5.32 Å². The predicted octanol–water partition coefficient (Wildman–Crippen LogP) is 2.90. The Labute approximate surface area is 152 Å². The average Bonchev–Trinajstić information content (AvgIpc) is 3.10. The highest BCUT2D eigenvalue weighted by molar-refractivity contribution is 7.91. The molecule has 1 saturated heterocycles. The van der Waals surface area contributed by atoms with Crippen LogP contribution in [0.15, 0.2) is 46.2 Å². The van der Waals surface area contributed by atoms with Gasteiger partial charge in [-0.15, -0.1) is 0 Å². The van der Waals surface area contributed by atoms with Crippen LogP contribution in [0.5, 0.6) is 11.5 Å². The van der Waals surface area contributed by atoms with Crippen LogP contribution in [-0.2, 0) is 9.84 Å². The number of sulfone groups is 1.